The molecule has 2 amide bonds. The molecule has 0 aromatic heterocycles. The summed E-state index contributed by atoms with van der Waals surface area (Å²) in [6.45, 7) is 5.90. The van der Waals surface area contributed by atoms with Gasteiger partial charge in [-0.05, 0) is 57.2 Å². The molecule has 1 fully saturated rings. The Morgan fingerprint density at radius 1 is 1.17 bits per heavy atom. The molecule has 0 radical (unpaired) electrons. The number of allylic oxidation sites excluding steroid dienone is 1. The van der Waals surface area contributed by atoms with Gasteiger partial charge in [-0.3, -0.25) is 19.4 Å². The first-order valence-electron chi connectivity index (χ1n) is 11.0. The summed E-state index contributed by atoms with van der Waals surface area (Å²) >= 11 is 0. The molecule has 30 heavy (non-hydrogen) atoms. The van der Waals surface area contributed by atoms with Gasteiger partial charge >= 0.3 is 0 Å². The lowest BCUT2D eigenvalue weighted by Crippen LogP contribution is -2.54. The molecule has 2 aliphatic rings. The van der Waals surface area contributed by atoms with Crippen LogP contribution in [0.3, 0.4) is 0 Å². The lowest BCUT2D eigenvalue weighted by atomic mass is 9.97. The van der Waals surface area contributed by atoms with Crippen LogP contribution in [0.5, 0.6) is 0 Å². The summed E-state index contributed by atoms with van der Waals surface area (Å²) in [5.41, 5.74) is 1.94. The number of piperazine rings is 1. The van der Waals surface area contributed by atoms with Crippen molar-refractivity contribution < 1.29 is 14.0 Å². The molecule has 1 unspecified atom stereocenters. The standard InChI is InChI=1S/C23H33FN4O2/c1-18(23(30)26-21-9-5-8-20(24)16-21)28-14-12-27(13-15-28)17-22(29)25-11-10-19-6-3-2-4-7-19/h5-6,8-9,16,18H,2-4,7,10-15,17H2,1H3,(H,25,29)(H,26,30). The third kappa shape index (κ3) is 6.92. The molecule has 2 N–H and O–H groups in total. The van der Waals surface area contributed by atoms with Gasteiger partial charge in [0.25, 0.3) is 0 Å². The second-order valence-electron chi connectivity index (χ2n) is 8.20. The van der Waals surface area contributed by atoms with E-state index in [2.05, 4.69) is 26.5 Å². The van der Waals surface area contributed by atoms with Gasteiger partial charge in [-0.2, -0.15) is 0 Å². The van der Waals surface area contributed by atoms with E-state index in [1.807, 2.05) is 6.92 Å². The molecule has 6 nitrogen and oxygen atoms in total. The fourth-order valence-corrected chi connectivity index (χ4v) is 4.04. The van der Waals surface area contributed by atoms with Gasteiger partial charge in [0.2, 0.25) is 11.8 Å². The number of amides is 2. The highest BCUT2D eigenvalue weighted by Crippen LogP contribution is 2.19. The van der Waals surface area contributed by atoms with Gasteiger partial charge in [-0.25, -0.2) is 4.39 Å². The van der Waals surface area contributed by atoms with E-state index in [1.54, 1.807) is 12.1 Å². The van der Waals surface area contributed by atoms with E-state index in [0.29, 0.717) is 18.8 Å². The number of nitrogens with one attached hydrogen (secondary N) is 2. The molecule has 1 aromatic carbocycles. The largest absolute Gasteiger partial charge is 0.355 e. The van der Waals surface area contributed by atoms with Gasteiger partial charge in [-0.1, -0.05) is 17.7 Å². The predicted octanol–water partition coefficient (Wildman–Crippen LogP) is 2.78. The summed E-state index contributed by atoms with van der Waals surface area (Å²) < 4.78 is 13.3. The van der Waals surface area contributed by atoms with Crippen LogP contribution in [-0.2, 0) is 9.59 Å². The Kier molecular flexibility index (Phi) is 8.39. The first kappa shape index (κ1) is 22.4. The van der Waals surface area contributed by atoms with Crippen LogP contribution in [0, 0.1) is 5.82 Å². The minimum Gasteiger partial charge on any atom is -0.355 e. The van der Waals surface area contributed by atoms with Gasteiger partial charge in [0.05, 0.1) is 12.6 Å². The van der Waals surface area contributed by atoms with Gasteiger partial charge in [0.1, 0.15) is 5.82 Å². The fourth-order valence-electron chi connectivity index (χ4n) is 4.04. The highest BCUT2D eigenvalue weighted by Gasteiger charge is 2.26. The molecule has 1 aliphatic carbocycles. The first-order chi connectivity index (χ1) is 14.5. The first-order valence-corrected chi connectivity index (χ1v) is 11.0. The highest BCUT2D eigenvalue weighted by molar-refractivity contribution is 5.94. The van der Waals surface area contributed by atoms with E-state index in [-0.39, 0.29) is 23.7 Å². The quantitative estimate of drug-likeness (QED) is 0.640. The molecular weight excluding hydrogens is 383 g/mol. The van der Waals surface area contributed by atoms with Crippen LogP contribution in [0.4, 0.5) is 10.1 Å². The Morgan fingerprint density at radius 2 is 1.97 bits per heavy atom. The molecule has 0 spiro atoms. The molecule has 164 valence electrons. The average molecular weight is 417 g/mol. The molecule has 0 bridgehead atoms. The molecule has 3 rings (SSSR count). The van der Waals surface area contributed by atoms with Crippen molar-refractivity contribution in [2.24, 2.45) is 0 Å². The minimum absolute atomic E-state index is 0.0664. The summed E-state index contributed by atoms with van der Waals surface area (Å²) in [6, 6.07) is 5.60. The van der Waals surface area contributed by atoms with Gasteiger partial charge < -0.3 is 10.6 Å². The topological polar surface area (TPSA) is 64.7 Å². The molecule has 7 heteroatoms. The summed E-state index contributed by atoms with van der Waals surface area (Å²) in [5, 5.41) is 5.80. The lowest BCUT2D eigenvalue weighted by molar-refractivity contribution is -0.124. The van der Waals surface area contributed by atoms with Crippen molar-refractivity contribution in [2.45, 2.75) is 45.1 Å². The van der Waals surface area contributed by atoms with Crippen LogP contribution in [0.15, 0.2) is 35.9 Å². The summed E-state index contributed by atoms with van der Waals surface area (Å²) in [7, 11) is 0. The van der Waals surface area contributed by atoms with E-state index in [0.717, 1.165) is 32.6 Å². The molecule has 1 heterocycles. The van der Waals surface area contributed by atoms with Crippen molar-refractivity contribution in [1.29, 1.82) is 0 Å². The number of hydrogen-bond donors (Lipinski definition) is 2. The van der Waals surface area contributed by atoms with Crippen molar-refractivity contribution in [3.63, 3.8) is 0 Å². The smallest absolute Gasteiger partial charge is 0.241 e. The zero-order valence-corrected chi connectivity index (χ0v) is 17.8. The van der Waals surface area contributed by atoms with Crippen LogP contribution in [0.25, 0.3) is 0 Å². The van der Waals surface area contributed by atoms with Crippen LogP contribution in [0.1, 0.15) is 39.0 Å². The van der Waals surface area contributed by atoms with Gasteiger partial charge in [0, 0.05) is 38.4 Å². The summed E-state index contributed by atoms with van der Waals surface area (Å²) in [4.78, 5) is 28.9. The van der Waals surface area contributed by atoms with E-state index < -0.39 is 0 Å². The Morgan fingerprint density at radius 3 is 2.67 bits per heavy atom. The number of nitrogens with zero attached hydrogens (tertiary/aromatic N) is 2. The van der Waals surface area contributed by atoms with Gasteiger partial charge in [-0.15, -0.1) is 0 Å². The van der Waals surface area contributed by atoms with Crippen LogP contribution >= 0.6 is 0 Å². The zero-order chi connectivity index (χ0) is 21.3. The zero-order valence-electron chi connectivity index (χ0n) is 17.8. The Hall–Kier alpha value is -2.25. The SMILES string of the molecule is CC(C(=O)Nc1cccc(F)c1)N1CCN(CC(=O)NCCC2=CCCCC2)CC1. The predicted molar refractivity (Wildman–Crippen MR) is 117 cm³/mol. The number of hydrogen-bond acceptors (Lipinski definition) is 4. The van der Waals surface area contributed by atoms with Crippen molar-refractivity contribution >= 4 is 17.5 Å². The molecule has 1 aliphatic heterocycles. The maximum absolute atomic E-state index is 13.3. The van der Waals surface area contributed by atoms with Crippen LogP contribution in [0.2, 0.25) is 0 Å². The number of halogens is 1. The Labute approximate surface area is 178 Å². The highest BCUT2D eigenvalue weighted by atomic mass is 19.1. The number of rotatable bonds is 8. The molecule has 1 atom stereocenters. The maximum atomic E-state index is 13.3. The Bertz CT molecular complexity index is 759. The normalized spacial score (nSPS) is 19.1. The average Bonchev–Trinajstić information content (AvgIpc) is 2.74. The second kappa shape index (κ2) is 11.2. The fraction of sp³-hybridized carbons (Fsp3) is 0.565. The van der Waals surface area contributed by atoms with E-state index in [4.69, 9.17) is 0 Å². The number of anilines is 1. The molecule has 1 saturated heterocycles. The third-order valence-electron chi connectivity index (χ3n) is 5.95. The van der Waals surface area contributed by atoms with Gasteiger partial charge in [0.15, 0.2) is 0 Å². The Balaban J connectivity index is 1.34. The molecular formula is C23H33FN4O2. The number of carbonyl (C=O) groups is 2. The minimum atomic E-state index is -0.372. The van der Waals surface area contributed by atoms with Crippen molar-refractivity contribution in [3.05, 3.63) is 41.7 Å². The van der Waals surface area contributed by atoms with Crippen LogP contribution in [-0.4, -0.2) is 66.9 Å². The van der Waals surface area contributed by atoms with E-state index in [9.17, 15) is 14.0 Å². The van der Waals surface area contributed by atoms with E-state index >= 15 is 0 Å². The van der Waals surface area contributed by atoms with Crippen molar-refractivity contribution in [2.75, 3.05) is 44.6 Å². The maximum Gasteiger partial charge on any atom is 0.241 e. The monoisotopic (exact) mass is 416 g/mol. The number of benzene rings is 1. The van der Waals surface area contributed by atoms with E-state index in [1.165, 1.54) is 43.4 Å². The van der Waals surface area contributed by atoms with Crippen molar-refractivity contribution in [3.8, 4) is 0 Å². The second-order valence-corrected chi connectivity index (χ2v) is 8.20. The van der Waals surface area contributed by atoms with Crippen molar-refractivity contribution in [1.82, 2.24) is 15.1 Å². The lowest BCUT2D eigenvalue weighted by Gasteiger charge is -2.37. The number of carbonyl (C=O) groups excluding carboxylic acids is 2. The third-order valence-corrected chi connectivity index (χ3v) is 5.95. The molecule has 0 saturated carbocycles. The van der Waals surface area contributed by atoms with Crippen LogP contribution < -0.4 is 10.6 Å². The summed E-state index contributed by atoms with van der Waals surface area (Å²) in [6.07, 6.45) is 8.17. The summed E-state index contributed by atoms with van der Waals surface area (Å²) in [5.74, 6) is -0.455. The molecule has 1 aromatic rings.